The van der Waals surface area contributed by atoms with Gasteiger partial charge in [0.1, 0.15) is 6.10 Å². The highest BCUT2D eigenvalue weighted by atomic mass is 79.9. The zero-order chi connectivity index (χ0) is 15.0. The lowest BCUT2D eigenvalue weighted by Crippen LogP contribution is -2.13. The van der Waals surface area contributed by atoms with E-state index in [9.17, 15) is 5.11 Å². The molecule has 0 saturated heterocycles. The summed E-state index contributed by atoms with van der Waals surface area (Å²) < 4.78 is 2.63. The van der Waals surface area contributed by atoms with Gasteiger partial charge < -0.3 is 5.11 Å². The third-order valence-electron chi connectivity index (χ3n) is 3.49. The number of fused-ring (bicyclic) bond motifs is 1. The molecule has 0 amide bonds. The number of halogens is 1. The van der Waals surface area contributed by atoms with Gasteiger partial charge in [-0.2, -0.15) is 5.10 Å². The van der Waals surface area contributed by atoms with Crippen LogP contribution in [0.2, 0.25) is 0 Å². The number of rotatable bonds is 3. The number of hydrogen-bond donors (Lipinski definition) is 1. The molecular weight excluding hydrogens is 330 g/mol. The van der Waals surface area contributed by atoms with Gasteiger partial charge in [0, 0.05) is 23.2 Å². The van der Waals surface area contributed by atoms with Gasteiger partial charge in [-0.1, -0.05) is 24.3 Å². The molecule has 0 radical (unpaired) electrons. The van der Waals surface area contributed by atoms with Crippen LogP contribution in [0.4, 0.5) is 0 Å². The molecular formula is C16H16BrN3O. The molecule has 4 nitrogen and oxygen atoms in total. The van der Waals surface area contributed by atoms with Crippen molar-refractivity contribution in [1.82, 2.24) is 14.8 Å². The lowest BCUT2D eigenvalue weighted by atomic mass is 10.0. The second kappa shape index (κ2) is 5.58. The van der Waals surface area contributed by atoms with Crippen LogP contribution < -0.4 is 0 Å². The first-order valence-electron chi connectivity index (χ1n) is 6.84. The average molecular weight is 346 g/mol. The first kappa shape index (κ1) is 14.2. The fourth-order valence-electron chi connectivity index (χ4n) is 2.51. The summed E-state index contributed by atoms with van der Waals surface area (Å²) in [5.41, 5.74) is 2.36. The Balaban J connectivity index is 2.17. The Morgan fingerprint density at radius 1 is 1.19 bits per heavy atom. The van der Waals surface area contributed by atoms with Crippen LogP contribution in [0.25, 0.3) is 10.9 Å². The summed E-state index contributed by atoms with van der Waals surface area (Å²) in [7, 11) is 0. The first-order valence-corrected chi connectivity index (χ1v) is 7.63. The van der Waals surface area contributed by atoms with E-state index in [1.165, 1.54) is 0 Å². The Morgan fingerprint density at radius 3 is 2.71 bits per heavy atom. The monoisotopic (exact) mass is 345 g/mol. The smallest absolute Gasteiger partial charge is 0.124 e. The number of para-hydroxylation sites is 1. The minimum Gasteiger partial charge on any atom is -0.382 e. The second-order valence-corrected chi connectivity index (χ2v) is 6.10. The molecule has 1 N–H and O–H groups in total. The van der Waals surface area contributed by atoms with Crippen molar-refractivity contribution in [3.05, 3.63) is 58.5 Å². The standard InChI is InChI=1S/C16H16BrN3O/c1-10(2)20-15(13(17)9-19-20)16(21)12-7-3-5-11-6-4-8-18-14(11)12/h3-10,16,21H,1-2H3. The third-order valence-corrected chi connectivity index (χ3v) is 4.10. The highest BCUT2D eigenvalue weighted by molar-refractivity contribution is 9.10. The highest BCUT2D eigenvalue weighted by Gasteiger charge is 2.22. The van der Waals surface area contributed by atoms with E-state index in [-0.39, 0.29) is 6.04 Å². The van der Waals surface area contributed by atoms with Crippen molar-refractivity contribution in [1.29, 1.82) is 0 Å². The summed E-state index contributed by atoms with van der Waals surface area (Å²) in [5.74, 6) is 0. The fraction of sp³-hybridized carbons (Fsp3) is 0.250. The molecule has 1 aromatic carbocycles. The zero-order valence-electron chi connectivity index (χ0n) is 11.9. The molecule has 0 saturated carbocycles. The van der Waals surface area contributed by atoms with Crippen molar-refractivity contribution in [3.63, 3.8) is 0 Å². The molecule has 3 aromatic rings. The number of benzene rings is 1. The van der Waals surface area contributed by atoms with Gasteiger partial charge in [0.05, 0.1) is 21.9 Å². The Hall–Kier alpha value is -1.72. The molecule has 21 heavy (non-hydrogen) atoms. The van der Waals surface area contributed by atoms with Gasteiger partial charge in [-0.05, 0) is 35.8 Å². The minimum atomic E-state index is -0.775. The van der Waals surface area contributed by atoms with Crippen molar-refractivity contribution in [2.24, 2.45) is 0 Å². The van der Waals surface area contributed by atoms with Crippen LogP contribution in [0.5, 0.6) is 0 Å². The van der Waals surface area contributed by atoms with Crippen LogP contribution in [0, 0.1) is 0 Å². The van der Waals surface area contributed by atoms with E-state index < -0.39 is 6.10 Å². The van der Waals surface area contributed by atoms with Crippen molar-refractivity contribution < 1.29 is 5.11 Å². The molecule has 0 spiro atoms. The van der Waals surface area contributed by atoms with Crippen LogP contribution >= 0.6 is 15.9 Å². The molecule has 1 unspecified atom stereocenters. The zero-order valence-corrected chi connectivity index (χ0v) is 13.4. The number of aliphatic hydroxyl groups excluding tert-OH is 1. The van der Waals surface area contributed by atoms with E-state index in [1.54, 1.807) is 12.4 Å². The molecule has 0 fully saturated rings. The van der Waals surface area contributed by atoms with Crippen LogP contribution in [0.1, 0.15) is 37.3 Å². The van der Waals surface area contributed by atoms with Gasteiger partial charge in [-0.25, -0.2) is 0 Å². The van der Waals surface area contributed by atoms with Crippen molar-refractivity contribution in [3.8, 4) is 0 Å². The topological polar surface area (TPSA) is 50.9 Å². The Labute approximate surface area is 131 Å². The van der Waals surface area contributed by atoms with Gasteiger partial charge in [0.25, 0.3) is 0 Å². The van der Waals surface area contributed by atoms with Crippen molar-refractivity contribution >= 4 is 26.8 Å². The Morgan fingerprint density at radius 2 is 1.95 bits per heavy atom. The molecule has 3 rings (SSSR count). The lowest BCUT2D eigenvalue weighted by Gasteiger charge is -2.18. The summed E-state index contributed by atoms with van der Waals surface area (Å²) in [4.78, 5) is 4.41. The van der Waals surface area contributed by atoms with E-state index in [2.05, 4.69) is 26.0 Å². The van der Waals surface area contributed by atoms with Gasteiger partial charge in [0.15, 0.2) is 0 Å². The molecule has 1 atom stereocenters. The predicted octanol–water partition coefficient (Wildman–Crippen LogP) is 3.86. The average Bonchev–Trinajstić information content (AvgIpc) is 2.88. The number of pyridine rings is 1. The number of aliphatic hydroxyl groups is 1. The fourth-order valence-corrected chi connectivity index (χ4v) is 3.00. The highest BCUT2D eigenvalue weighted by Crippen LogP contribution is 2.33. The van der Waals surface area contributed by atoms with E-state index in [0.29, 0.717) is 0 Å². The minimum absolute atomic E-state index is 0.170. The Kier molecular flexibility index (Phi) is 3.78. The molecule has 0 aliphatic carbocycles. The summed E-state index contributed by atoms with van der Waals surface area (Å²) >= 11 is 3.48. The van der Waals surface area contributed by atoms with Gasteiger partial charge in [-0.15, -0.1) is 0 Å². The number of aromatic nitrogens is 3. The van der Waals surface area contributed by atoms with Gasteiger partial charge >= 0.3 is 0 Å². The van der Waals surface area contributed by atoms with Gasteiger partial charge in [0.2, 0.25) is 0 Å². The summed E-state index contributed by atoms with van der Waals surface area (Å²) in [6, 6.07) is 9.90. The van der Waals surface area contributed by atoms with E-state index in [1.807, 2.05) is 48.9 Å². The maximum atomic E-state index is 10.9. The van der Waals surface area contributed by atoms with Crippen LogP contribution in [0.15, 0.2) is 47.2 Å². The van der Waals surface area contributed by atoms with Crippen LogP contribution in [0.3, 0.4) is 0 Å². The maximum Gasteiger partial charge on any atom is 0.124 e. The number of hydrogen-bond acceptors (Lipinski definition) is 3. The van der Waals surface area contributed by atoms with Crippen molar-refractivity contribution in [2.45, 2.75) is 26.0 Å². The maximum absolute atomic E-state index is 10.9. The quantitative estimate of drug-likeness (QED) is 0.784. The van der Waals surface area contributed by atoms with Crippen LogP contribution in [-0.2, 0) is 0 Å². The van der Waals surface area contributed by atoms with Gasteiger partial charge in [-0.3, -0.25) is 9.67 Å². The lowest BCUT2D eigenvalue weighted by molar-refractivity contribution is 0.205. The molecule has 0 bridgehead atoms. The van der Waals surface area contributed by atoms with Crippen LogP contribution in [-0.4, -0.2) is 19.9 Å². The third kappa shape index (κ3) is 2.47. The summed E-state index contributed by atoms with van der Waals surface area (Å²) in [6.07, 6.45) is 2.69. The molecule has 2 heterocycles. The predicted molar refractivity (Wildman–Crippen MR) is 86.1 cm³/mol. The molecule has 2 aromatic heterocycles. The van der Waals surface area contributed by atoms with E-state index in [0.717, 1.165) is 26.6 Å². The number of nitrogens with zero attached hydrogens (tertiary/aromatic N) is 3. The molecule has 5 heteroatoms. The molecule has 0 aliphatic rings. The van der Waals surface area contributed by atoms with E-state index >= 15 is 0 Å². The van der Waals surface area contributed by atoms with E-state index in [4.69, 9.17) is 0 Å². The Bertz CT molecular complexity index is 777. The normalized spacial score (nSPS) is 13.0. The second-order valence-electron chi connectivity index (χ2n) is 5.24. The molecule has 108 valence electrons. The first-order chi connectivity index (χ1) is 10.1. The summed E-state index contributed by atoms with van der Waals surface area (Å²) in [6.45, 7) is 4.08. The summed E-state index contributed by atoms with van der Waals surface area (Å²) in [5, 5.41) is 16.2. The SMILES string of the molecule is CC(C)n1ncc(Br)c1C(O)c1cccc2cccnc12. The largest absolute Gasteiger partial charge is 0.382 e. The van der Waals surface area contributed by atoms with Crippen molar-refractivity contribution in [2.75, 3.05) is 0 Å². The molecule has 0 aliphatic heterocycles.